The molecule has 0 aromatic carbocycles. The predicted octanol–water partition coefficient (Wildman–Crippen LogP) is 26.7. The molecule has 0 fully saturated rings. The highest BCUT2D eigenvalue weighted by Crippen LogP contribution is 2.11. The van der Waals surface area contributed by atoms with Crippen molar-refractivity contribution in [1.82, 2.24) is 0 Å². The number of alkyl halides is 2. The molecule has 0 saturated carbocycles. The Morgan fingerprint density at radius 3 is 0.222 bits per heavy atom. The smallest absolute Gasteiger partial charge is 0.0516 e. The molecule has 63 heavy (non-hydrogen) atoms. The van der Waals surface area contributed by atoms with Crippen molar-refractivity contribution in [2.24, 2.45) is 0 Å². The van der Waals surface area contributed by atoms with Gasteiger partial charge in [0.05, 0.1) is 2.43 Å². The molecule has 0 aliphatic carbocycles. The van der Waals surface area contributed by atoms with Crippen molar-refractivity contribution in [3.05, 3.63) is 0 Å². The zero-order valence-electron chi connectivity index (χ0n) is 47.4. The first-order chi connectivity index (χ1) is 30.9. The van der Waals surface area contributed by atoms with Gasteiger partial charge in [-0.25, -0.2) is 0 Å². The van der Waals surface area contributed by atoms with Crippen molar-refractivity contribution in [2.45, 2.75) is 391 Å². The number of hydrogen-bond donors (Lipinski definition) is 0. The van der Waals surface area contributed by atoms with Crippen molar-refractivity contribution < 1.29 is 0 Å². The normalized spacial score (nSPS) is 10.0. The number of hydrogen-bond acceptors (Lipinski definition) is 0. The van der Waals surface area contributed by atoms with Gasteiger partial charge in [0.1, 0.15) is 0 Å². The molecule has 0 amide bonds. The molecule has 0 aromatic heterocycles. The first kappa shape index (κ1) is 78.6. The summed E-state index contributed by atoms with van der Waals surface area (Å²) in [7, 11) is 0. The Kier molecular flexibility index (Phi) is 121. The van der Waals surface area contributed by atoms with E-state index in [0.29, 0.717) is 0 Å². The molecule has 0 N–H and O–H groups in total. The van der Waals surface area contributed by atoms with Gasteiger partial charge in [-0.2, -0.15) is 0 Å². The lowest BCUT2D eigenvalue weighted by Crippen LogP contribution is -1.77. The van der Waals surface area contributed by atoms with E-state index in [0.717, 1.165) is 0 Å². The summed E-state index contributed by atoms with van der Waals surface area (Å²) in [5.74, 6) is 0. The first-order valence-electron chi connectivity index (χ1n) is 30.0. The van der Waals surface area contributed by atoms with E-state index in [1.165, 1.54) is 311 Å². The van der Waals surface area contributed by atoms with Crippen LogP contribution < -0.4 is 0 Å². The third kappa shape index (κ3) is 127. The van der Waals surface area contributed by atoms with Crippen LogP contribution in [0.3, 0.4) is 0 Å². The standard InChI is InChI=1S/6C10H22.CH2I2/c6*1-3-5-7-9-10-8-6-4-2;2-1-3/h6*3-10H2,1-2H3;1H2. The van der Waals surface area contributed by atoms with E-state index in [2.05, 4.69) is 128 Å². The highest BCUT2D eigenvalue weighted by molar-refractivity contribution is 14.2. The predicted molar refractivity (Wildman–Crippen MR) is 323 cm³/mol. The monoisotopic (exact) mass is 1120 g/mol. The number of halogens is 2. The van der Waals surface area contributed by atoms with Gasteiger partial charge in [-0.05, 0) is 0 Å². The van der Waals surface area contributed by atoms with Gasteiger partial charge in [-0.1, -0.05) is 436 Å². The Balaban J connectivity index is -0.000000118. The fourth-order valence-electron chi connectivity index (χ4n) is 7.24. The Labute approximate surface area is 435 Å². The molecule has 0 rings (SSSR count). The molecule has 0 saturated heterocycles. The third-order valence-corrected chi connectivity index (χ3v) is 11.7. The van der Waals surface area contributed by atoms with Crippen molar-refractivity contribution >= 4 is 45.2 Å². The highest BCUT2D eigenvalue weighted by atomic mass is 127. The van der Waals surface area contributed by atoms with Gasteiger partial charge in [-0.3, -0.25) is 0 Å². The fourth-order valence-corrected chi connectivity index (χ4v) is 7.24. The minimum atomic E-state index is 1.19. The molecular weight excluding hydrogens is 986 g/mol. The largest absolute Gasteiger partial charge is 0.0748 e. The highest BCUT2D eigenvalue weighted by Gasteiger charge is 1.92. The molecule has 0 radical (unpaired) electrons. The third-order valence-electron chi connectivity index (χ3n) is 11.7. The van der Waals surface area contributed by atoms with Crippen LogP contribution in [0.15, 0.2) is 0 Å². The van der Waals surface area contributed by atoms with Gasteiger partial charge in [0.2, 0.25) is 0 Å². The maximum Gasteiger partial charge on any atom is 0.0516 e. The van der Waals surface area contributed by atoms with Crippen LogP contribution in [0.4, 0.5) is 0 Å². The quantitative estimate of drug-likeness (QED) is 0.0325. The van der Waals surface area contributed by atoms with E-state index in [4.69, 9.17) is 0 Å². The number of rotatable bonds is 42. The van der Waals surface area contributed by atoms with Gasteiger partial charge in [0.25, 0.3) is 0 Å². The van der Waals surface area contributed by atoms with Gasteiger partial charge < -0.3 is 0 Å². The summed E-state index contributed by atoms with van der Waals surface area (Å²) in [5, 5.41) is 0. The lowest BCUT2D eigenvalue weighted by molar-refractivity contribution is 0.585. The lowest BCUT2D eigenvalue weighted by atomic mass is 10.1. The van der Waals surface area contributed by atoms with E-state index in [-0.39, 0.29) is 0 Å². The summed E-state index contributed by atoms with van der Waals surface area (Å²) in [6, 6.07) is 0. The fraction of sp³-hybridized carbons (Fsp3) is 1.00. The molecule has 0 unspecified atom stereocenters. The lowest BCUT2D eigenvalue weighted by Gasteiger charge is -1.97. The van der Waals surface area contributed by atoms with Crippen LogP contribution in [-0.4, -0.2) is 2.43 Å². The maximum atomic E-state index is 2.28. The summed E-state index contributed by atoms with van der Waals surface area (Å²) in [4.78, 5) is 0. The molecule has 0 spiro atoms. The second kappa shape index (κ2) is 97.2. The van der Waals surface area contributed by atoms with Crippen LogP contribution in [0.1, 0.15) is 391 Å². The first-order valence-corrected chi connectivity index (χ1v) is 33.1. The minimum Gasteiger partial charge on any atom is -0.0748 e. The molecule has 0 bridgehead atoms. The van der Waals surface area contributed by atoms with E-state index in [9.17, 15) is 0 Å². The van der Waals surface area contributed by atoms with Gasteiger partial charge in [0, 0.05) is 0 Å². The Bertz CT molecular complexity index is 391. The summed E-state index contributed by atoms with van der Waals surface area (Å²) in [6.45, 7) is 27.2. The molecule has 392 valence electrons. The molecular formula is C61H134I2. The second-order valence-electron chi connectivity index (χ2n) is 18.8. The van der Waals surface area contributed by atoms with Crippen molar-refractivity contribution in [2.75, 3.05) is 2.43 Å². The van der Waals surface area contributed by atoms with E-state index < -0.39 is 0 Å². The van der Waals surface area contributed by atoms with Crippen LogP contribution in [0, 0.1) is 0 Å². The Morgan fingerprint density at radius 2 is 0.175 bits per heavy atom. The van der Waals surface area contributed by atoms with E-state index in [1.807, 2.05) is 0 Å². The molecule has 0 aromatic rings. The Hall–Kier alpha value is 1.46. The van der Waals surface area contributed by atoms with Crippen LogP contribution in [0.2, 0.25) is 0 Å². The van der Waals surface area contributed by atoms with Crippen LogP contribution in [0.5, 0.6) is 0 Å². The van der Waals surface area contributed by atoms with Gasteiger partial charge >= 0.3 is 0 Å². The maximum absolute atomic E-state index is 2.28. The average Bonchev–Trinajstić information content (AvgIpc) is 3.30. The van der Waals surface area contributed by atoms with Crippen LogP contribution in [-0.2, 0) is 0 Å². The molecule has 2 heteroatoms. The zero-order chi connectivity index (χ0) is 48.6. The molecule has 0 nitrogen and oxygen atoms in total. The zero-order valence-corrected chi connectivity index (χ0v) is 51.7. The van der Waals surface area contributed by atoms with Crippen molar-refractivity contribution in [3.63, 3.8) is 0 Å². The second-order valence-corrected chi connectivity index (χ2v) is 23.3. The van der Waals surface area contributed by atoms with E-state index >= 15 is 0 Å². The summed E-state index contributed by atoms with van der Waals surface area (Å²) in [5.41, 5.74) is 0. The van der Waals surface area contributed by atoms with Crippen molar-refractivity contribution in [3.8, 4) is 0 Å². The topological polar surface area (TPSA) is 0 Å². The molecule has 0 atom stereocenters. The van der Waals surface area contributed by atoms with Gasteiger partial charge in [-0.15, -0.1) is 0 Å². The average molecular weight is 1120 g/mol. The van der Waals surface area contributed by atoms with Gasteiger partial charge in [0.15, 0.2) is 0 Å². The van der Waals surface area contributed by atoms with E-state index in [1.54, 1.807) is 0 Å². The molecule has 0 aliphatic heterocycles. The van der Waals surface area contributed by atoms with Crippen LogP contribution >= 0.6 is 45.2 Å². The minimum absolute atomic E-state index is 1.19. The Morgan fingerprint density at radius 1 is 0.127 bits per heavy atom. The number of unbranched alkanes of at least 4 members (excludes halogenated alkanes) is 42. The summed E-state index contributed by atoms with van der Waals surface area (Å²) < 4.78 is 1.19. The SMILES string of the molecule is CCCCCCCCCC.CCCCCCCCCC.CCCCCCCCCC.CCCCCCCCCC.CCCCCCCCCC.CCCCCCCCCC.ICI. The van der Waals surface area contributed by atoms with Crippen LogP contribution in [0.25, 0.3) is 0 Å². The molecule has 0 heterocycles. The van der Waals surface area contributed by atoms with Crippen molar-refractivity contribution in [1.29, 1.82) is 0 Å². The summed E-state index contributed by atoms with van der Waals surface area (Å²) >= 11 is 4.55. The molecule has 0 aliphatic rings. The summed E-state index contributed by atoms with van der Waals surface area (Å²) in [6.07, 6.45) is 68.8.